The highest BCUT2D eigenvalue weighted by molar-refractivity contribution is 6.81. The minimum Gasteiger partial charge on any atom is -0.497 e. The average molecular weight is 1650 g/mol. The summed E-state index contributed by atoms with van der Waals surface area (Å²) in [5, 5.41) is -0.337. The summed E-state index contributed by atoms with van der Waals surface area (Å²) in [7, 11) is -10.2. The molecule has 5 aliphatic heterocycles. The molecule has 13 nitrogen and oxygen atoms in total. The lowest BCUT2D eigenvalue weighted by molar-refractivity contribution is -0.266. The molecule has 19 heteroatoms. The Kier molecular flexibility index (Phi) is 31.3. The summed E-state index contributed by atoms with van der Waals surface area (Å²) in [5.41, 5.74) is 8.07. The average Bonchev–Trinajstić information content (AvgIpc) is 0.939. The quantitative estimate of drug-likeness (QED) is 0.0320. The number of fused-ring (bicyclic) bond motifs is 1. The van der Waals surface area contributed by atoms with E-state index >= 15 is 4.79 Å². The van der Waals surface area contributed by atoms with E-state index in [1.54, 1.807) is 14.2 Å². The Balaban J connectivity index is 1.06. The maximum absolute atomic E-state index is 15.7. The zero-order valence-corrected chi connectivity index (χ0v) is 82.2. The summed E-state index contributed by atoms with van der Waals surface area (Å²) in [5.74, 6) is 0.873. The number of hydrogen-bond acceptors (Lipinski definition) is 13. The third-order valence-corrected chi connectivity index (χ3v) is 52.0. The van der Waals surface area contributed by atoms with Crippen LogP contribution in [0.25, 0.3) is 0 Å². The molecule has 17 atom stereocenters. The lowest BCUT2D eigenvalue weighted by Gasteiger charge is -2.56. The predicted octanol–water partition coefficient (Wildman–Crippen LogP) is 23.9. The van der Waals surface area contributed by atoms with Gasteiger partial charge in [0.15, 0.2) is 41.6 Å². The van der Waals surface area contributed by atoms with E-state index in [0.717, 1.165) is 61.8 Å². The van der Waals surface area contributed by atoms with Crippen LogP contribution < -0.4 is 4.74 Å². The van der Waals surface area contributed by atoms with E-state index < -0.39 is 80.2 Å². The van der Waals surface area contributed by atoms with E-state index in [1.165, 1.54) is 16.7 Å². The van der Waals surface area contributed by atoms with Crippen molar-refractivity contribution < 1.29 is 60.1 Å². The normalized spacial score (nSPS) is 27.9. The largest absolute Gasteiger partial charge is 0.497 e. The van der Waals surface area contributed by atoms with Gasteiger partial charge in [-0.2, -0.15) is 0 Å². The molecule has 0 radical (unpaired) electrons. The third kappa shape index (κ3) is 23.4. The molecule has 0 aliphatic carbocycles. The van der Waals surface area contributed by atoms with E-state index in [1.807, 2.05) is 0 Å². The Bertz CT molecular complexity index is 3500. The van der Waals surface area contributed by atoms with Crippen LogP contribution in [-0.2, 0) is 60.8 Å². The van der Waals surface area contributed by atoms with Crippen LogP contribution in [0.3, 0.4) is 0 Å². The fourth-order valence-electron chi connectivity index (χ4n) is 16.1. The van der Waals surface area contributed by atoms with Crippen LogP contribution in [0, 0.1) is 11.8 Å². The van der Waals surface area contributed by atoms with E-state index in [9.17, 15) is 0 Å². The van der Waals surface area contributed by atoms with Crippen LogP contribution in [0.2, 0.25) is 110 Å². The second kappa shape index (κ2) is 37.1. The number of rotatable bonds is 34. The molecule has 5 aliphatic rings. The molecule has 112 heavy (non-hydrogen) atoms. The molecule has 3 aromatic rings. The zero-order valence-electron chi connectivity index (χ0n) is 76.2. The lowest BCUT2D eigenvalue weighted by atomic mass is 9.66. The van der Waals surface area contributed by atoms with E-state index in [0.29, 0.717) is 32.3 Å². The highest BCUT2D eigenvalue weighted by atomic mass is 28.4. The molecule has 3 aromatic carbocycles. The Labute approximate surface area is 688 Å². The van der Waals surface area contributed by atoms with Gasteiger partial charge in [0.05, 0.1) is 88.9 Å². The second-order valence-electron chi connectivity index (χ2n) is 43.2. The smallest absolute Gasteiger partial charge is 0.193 e. The predicted molar refractivity (Wildman–Crippen MR) is 480 cm³/mol. The molecular weight excluding hydrogens is 1490 g/mol. The van der Waals surface area contributed by atoms with Crippen LogP contribution >= 0.6 is 0 Å². The number of carbonyl (C=O) groups is 1. The van der Waals surface area contributed by atoms with Gasteiger partial charge in [-0.15, -0.1) is 0 Å². The molecule has 5 heterocycles. The van der Waals surface area contributed by atoms with Crippen molar-refractivity contribution in [2.75, 3.05) is 20.8 Å². The van der Waals surface area contributed by atoms with Gasteiger partial charge in [-0.05, 0) is 194 Å². The van der Waals surface area contributed by atoms with Crippen molar-refractivity contribution in [3.05, 3.63) is 138 Å². The molecule has 0 spiro atoms. The van der Waals surface area contributed by atoms with E-state index in [-0.39, 0.29) is 122 Å². The lowest BCUT2D eigenvalue weighted by Crippen LogP contribution is -2.69. The van der Waals surface area contributed by atoms with Crippen molar-refractivity contribution in [1.82, 2.24) is 0 Å². The van der Waals surface area contributed by atoms with E-state index in [4.69, 9.17) is 61.9 Å². The molecule has 0 saturated carbocycles. The first kappa shape index (κ1) is 94.7. The van der Waals surface area contributed by atoms with Crippen LogP contribution in [0.1, 0.15) is 211 Å². The van der Waals surface area contributed by atoms with Crippen LogP contribution in [0.15, 0.2) is 121 Å². The number of carbonyl (C=O) groups excluding carboxylic acids is 1. The van der Waals surface area contributed by atoms with Gasteiger partial charge in [-0.3, -0.25) is 4.79 Å². The Morgan fingerprint density at radius 1 is 0.545 bits per heavy atom. The molecule has 0 N–H and O–H groups in total. The minimum atomic E-state index is -2.55. The Hall–Kier alpha value is -2.79. The van der Waals surface area contributed by atoms with Crippen molar-refractivity contribution in [1.29, 1.82) is 0 Å². The van der Waals surface area contributed by atoms with Gasteiger partial charge >= 0.3 is 0 Å². The maximum atomic E-state index is 15.7. The summed E-state index contributed by atoms with van der Waals surface area (Å²) in [6.07, 6.45) is 6.62. The zero-order chi connectivity index (χ0) is 83.6. The molecule has 5 saturated heterocycles. The summed E-state index contributed by atoms with van der Waals surface area (Å²) in [6.45, 7) is 77.3. The maximum Gasteiger partial charge on any atom is 0.193 e. The fraction of sp³-hybridized carbons (Fsp3) is 0.731. The number of hydrogen-bond donors (Lipinski definition) is 0. The molecular formula is C93H158O13Si6. The van der Waals surface area contributed by atoms with Gasteiger partial charge in [0.1, 0.15) is 35.9 Å². The molecule has 5 fully saturated rings. The number of benzene rings is 3. The van der Waals surface area contributed by atoms with Crippen molar-refractivity contribution in [2.45, 2.75) is 402 Å². The van der Waals surface area contributed by atoms with Crippen LogP contribution in [0.4, 0.5) is 0 Å². The first-order chi connectivity index (χ1) is 51.5. The van der Waals surface area contributed by atoms with Crippen LogP contribution in [0.5, 0.6) is 5.75 Å². The summed E-state index contributed by atoms with van der Waals surface area (Å²) < 4.78 is 87.4. The molecule has 0 aromatic heterocycles. The second-order valence-corrected chi connectivity index (χ2v) is 72.1. The Morgan fingerprint density at radius 3 is 1.60 bits per heavy atom. The van der Waals surface area contributed by atoms with Crippen molar-refractivity contribution >= 4 is 55.4 Å². The first-order valence-corrected chi connectivity index (χ1v) is 61.1. The standard InChI is InChI=1S/C93H158O13Si6/c1-64-57-73(50-52-77-65(2)58-72(98-77)45-40-55-93(67-41-36-34-37-42-67,68-43-38-35-39-44-68)69-46-48-71(95-19)49-47-69)99-80(66(64)3)62-81-76(83(96-20)82(101-81)61-75(103-109(26,27)89(7,8)9)63-97-108(24,25)88(4,5)6)60-70(94)59-74-51-53-78-84(100-74)86(105-111(30,31)91(13,14)15)87(106-112(32,33)92(16,17)18)85(102-78)79(54-56-107(21,22)23)104-110(28,29)90(10,11)12/h34-39,41-44,46-49,54,56,64,72-87H,2-3,40,45,50-53,55,57-63H2,1,4-33H3/b56-54+/t64-,72-,73+,74+,75-,76-,77-,78-,79-,80-,81-,82+,83+,84-,85-,86-,87+/m0/s1. The van der Waals surface area contributed by atoms with Crippen LogP contribution in [-0.4, -0.2) is 168 Å². The highest BCUT2D eigenvalue weighted by Gasteiger charge is 2.59. The summed E-state index contributed by atoms with van der Waals surface area (Å²) in [6, 6.07) is 30.6. The highest BCUT2D eigenvalue weighted by Crippen LogP contribution is 2.51. The van der Waals surface area contributed by atoms with Gasteiger partial charge in [-0.25, -0.2) is 0 Å². The molecule has 0 unspecified atom stereocenters. The van der Waals surface area contributed by atoms with Gasteiger partial charge in [-0.1, -0.05) is 228 Å². The first-order valence-electron chi connectivity index (χ1n) is 43.0. The fourth-order valence-corrected chi connectivity index (χ4v) is 23.1. The number of methoxy groups -OCH3 is 2. The van der Waals surface area contributed by atoms with Crippen molar-refractivity contribution in [3.8, 4) is 5.75 Å². The van der Waals surface area contributed by atoms with Gasteiger partial charge in [0, 0.05) is 44.1 Å². The topological polar surface area (TPSA) is 128 Å². The third-order valence-electron chi connectivity index (χ3n) is 28.3. The monoisotopic (exact) mass is 1650 g/mol. The molecule has 0 amide bonds. The van der Waals surface area contributed by atoms with E-state index in [2.05, 4.69) is 299 Å². The molecule has 0 bridgehead atoms. The number of ketones is 1. The summed E-state index contributed by atoms with van der Waals surface area (Å²) >= 11 is 0. The Morgan fingerprint density at radius 2 is 1.07 bits per heavy atom. The molecule has 8 rings (SSSR count). The molecule has 632 valence electrons. The van der Waals surface area contributed by atoms with Gasteiger partial charge in [0.25, 0.3) is 0 Å². The van der Waals surface area contributed by atoms with Gasteiger partial charge in [0.2, 0.25) is 0 Å². The van der Waals surface area contributed by atoms with Crippen molar-refractivity contribution in [2.24, 2.45) is 11.8 Å². The van der Waals surface area contributed by atoms with Crippen molar-refractivity contribution in [3.63, 3.8) is 0 Å². The summed E-state index contributed by atoms with van der Waals surface area (Å²) in [4.78, 5) is 15.7. The number of Topliss-reactive ketones (excluding diaryl/α,β-unsaturated/α-hetero) is 1. The SMILES string of the molecule is C=C1C[C@H](CCCC(c2ccccc2)(c2ccccc2)c2ccc(OC)cc2)O[C@H]1CC[C@@H]1C[C@H](C)C(=C)[C@H](C[C@@H]2O[C@H](C[C@@H](CO[Si](C)(C)C(C)(C)C)O[Si](C)(C)C(C)(C)C)[C@H](OC)[C@H]2CC(=O)C[C@H]2CC[C@@H]3O[C@@H]([C@H](/C=C/[Si](C)(C)C)O[Si](C)(C)C(C)(C)C)[C@@H](O[Si](C)(C)C(C)(C)C)[C@@H](O[Si](C)(C)C(C)(C)C)[C@H]3O2)O1. The van der Waals surface area contributed by atoms with Gasteiger partial charge < -0.3 is 55.3 Å². The number of ether oxygens (including phenoxy) is 7. The minimum absolute atomic E-state index is 0.00323.